The van der Waals surface area contributed by atoms with Gasteiger partial charge in [0.25, 0.3) is 0 Å². The summed E-state index contributed by atoms with van der Waals surface area (Å²) in [6, 6.07) is 10.3. The fraction of sp³-hybridized carbons (Fsp3) is 0.292. The van der Waals surface area contributed by atoms with Crippen LogP contribution in [-0.4, -0.2) is 36.2 Å². The number of aryl methyl sites for hydroxylation is 2. The first-order valence-electron chi connectivity index (χ1n) is 10.5. The maximum atomic E-state index is 14.8. The molecule has 1 atom stereocenters. The van der Waals surface area contributed by atoms with Crippen LogP contribution in [0.2, 0.25) is 0 Å². The standard InChI is InChI=1S/C24H24FN3O4/c1-16(29)26-13-20-14-28(24(30)32-20)19-6-7-21(22(25)11-19)23-8-5-17(12-27-23)3-2-4-18-9-10-31-15-18/h5-12,15,20H,2-4,13-14H2,1H3,(H,26,29)/t20-/m0/s1. The molecule has 4 rings (SSSR count). The van der Waals surface area contributed by atoms with E-state index in [2.05, 4.69) is 10.3 Å². The maximum Gasteiger partial charge on any atom is 0.414 e. The van der Waals surface area contributed by atoms with Crippen molar-refractivity contribution in [1.29, 1.82) is 0 Å². The lowest BCUT2D eigenvalue weighted by atomic mass is 10.1. The molecule has 1 fully saturated rings. The van der Waals surface area contributed by atoms with Gasteiger partial charge in [0, 0.05) is 18.7 Å². The van der Waals surface area contributed by atoms with Crippen molar-refractivity contribution in [1.82, 2.24) is 10.3 Å². The molecule has 0 bridgehead atoms. The first kappa shape index (κ1) is 21.5. The molecule has 7 nitrogen and oxygen atoms in total. The molecule has 2 amide bonds. The van der Waals surface area contributed by atoms with Crippen LogP contribution in [0, 0.1) is 5.82 Å². The van der Waals surface area contributed by atoms with Crippen molar-refractivity contribution < 1.29 is 23.1 Å². The molecule has 0 unspecified atom stereocenters. The monoisotopic (exact) mass is 437 g/mol. The van der Waals surface area contributed by atoms with Gasteiger partial charge in [0.15, 0.2) is 0 Å². The van der Waals surface area contributed by atoms with Crippen molar-refractivity contribution in [2.45, 2.75) is 32.3 Å². The van der Waals surface area contributed by atoms with Crippen molar-refractivity contribution >= 4 is 17.7 Å². The molecule has 0 spiro atoms. The number of halogens is 1. The molecule has 32 heavy (non-hydrogen) atoms. The fourth-order valence-corrected chi connectivity index (χ4v) is 3.64. The summed E-state index contributed by atoms with van der Waals surface area (Å²) >= 11 is 0. The third kappa shape index (κ3) is 5.14. The molecule has 1 N–H and O–H groups in total. The SMILES string of the molecule is CC(=O)NC[C@H]1CN(c2ccc(-c3ccc(CCCc4ccoc4)cn3)c(F)c2)C(=O)O1. The summed E-state index contributed by atoms with van der Waals surface area (Å²) in [5.41, 5.74) is 3.54. The van der Waals surface area contributed by atoms with Crippen LogP contribution in [0.4, 0.5) is 14.9 Å². The second-order valence-electron chi connectivity index (χ2n) is 7.75. The summed E-state index contributed by atoms with van der Waals surface area (Å²) in [6.07, 6.45) is 6.92. The van der Waals surface area contributed by atoms with Gasteiger partial charge in [-0.3, -0.25) is 14.7 Å². The van der Waals surface area contributed by atoms with Crippen molar-refractivity contribution in [2.75, 3.05) is 18.0 Å². The first-order valence-corrected chi connectivity index (χ1v) is 10.5. The number of hydrogen-bond donors (Lipinski definition) is 1. The zero-order chi connectivity index (χ0) is 22.5. The molecule has 1 aliphatic heterocycles. The van der Waals surface area contributed by atoms with E-state index < -0.39 is 18.0 Å². The van der Waals surface area contributed by atoms with E-state index in [-0.39, 0.29) is 19.0 Å². The summed E-state index contributed by atoms with van der Waals surface area (Å²) in [4.78, 5) is 29.0. The zero-order valence-electron chi connectivity index (χ0n) is 17.7. The summed E-state index contributed by atoms with van der Waals surface area (Å²) < 4.78 is 25.2. The number of carbonyl (C=O) groups is 2. The maximum absolute atomic E-state index is 14.8. The Labute approximate surface area is 185 Å². The molecule has 8 heteroatoms. The van der Waals surface area contributed by atoms with Gasteiger partial charge in [0.2, 0.25) is 5.91 Å². The Kier molecular flexibility index (Phi) is 6.49. The van der Waals surface area contributed by atoms with Crippen LogP contribution in [0.15, 0.2) is 59.5 Å². The van der Waals surface area contributed by atoms with Gasteiger partial charge in [-0.05, 0) is 60.7 Å². The number of hydrogen-bond acceptors (Lipinski definition) is 5. The second kappa shape index (κ2) is 9.64. The topological polar surface area (TPSA) is 84.7 Å². The molecule has 1 aromatic carbocycles. The van der Waals surface area contributed by atoms with Crippen molar-refractivity contribution in [3.05, 3.63) is 72.1 Å². The summed E-state index contributed by atoms with van der Waals surface area (Å²) in [7, 11) is 0. The minimum absolute atomic E-state index is 0.202. The van der Waals surface area contributed by atoms with Crippen molar-refractivity contribution in [3.63, 3.8) is 0 Å². The van der Waals surface area contributed by atoms with Crippen LogP contribution in [0.5, 0.6) is 0 Å². The average Bonchev–Trinajstić information content (AvgIpc) is 3.42. The molecule has 1 saturated heterocycles. The van der Waals surface area contributed by atoms with Crippen LogP contribution in [0.25, 0.3) is 11.3 Å². The van der Waals surface area contributed by atoms with E-state index >= 15 is 0 Å². The highest BCUT2D eigenvalue weighted by Gasteiger charge is 2.32. The van der Waals surface area contributed by atoms with Gasteiger partial charge in [-0.25, -0.2) is 9.18 Å². The number of nitrogens with one attached hydrogen (secondary N) is 1. The van der Waals surface area contributed by atoms with Crippen LogP contribution < -0.4 is 10.2 Å². The minimum Gasteiger partial charge on any atom is -0.472 e. The molecule has 1 aliphatic rings. The van der Waals surface area contributed by atoms with Crippen LogP contribution in [-0.2, 0) is 22.4 Å². The number of rotatable bonds is 8. The van der Waals surface area contributed by atoms with Crippen LogP contribution in [0.1, 0.15) is 24.5 Å². The number of amides is 2. The highest BCUT2D eigenvalue weighted by atomic mass is 19.1. The second-order valence-corrected chi connectivity index (χ2v) is 7.75. The number of aromatic nitrogens is 1. The van der Waals surface area contributed by atoms with Gasteiger partial charge in [-0.1, -0.05) is 6.07 Å². The van der Waals surface area contributed by atoms with Gasteiger partial charge >= 0.3 is 6.09 Å². The predicted molar refractivity (Wildman–Crippen MR) is 117 cm³/mol. The van der Waals surface area contributed by atoms with E-state index in [0.717, 1.165) is 24.8 Å². The molecule has 3 heterocycles. The Balaban J connectivity index is 1.38. The van der Waals surface area contributed by atoms with Gasteiger partial charge in [-0.2, -0.15) is 0 Å². The molecule has 0 saturated carbocycles. The Morgan fingerprint density at radius 2 is 2.06 bits per heavy atom. The lowest BCUT2D eigenvalue weighted by Crippen LogP contribution is -2.33. The summed E-state index contributed by atoms with van der Waals surface area (Å²) in [6.45, 7) is 1.85. The quantitative estimate of drug-likeness (QED) is 0.573. The van der Waals surface area contributed by atoms with E-state index in [0.29, 0.717) is 16.9 Å². The number of anilines is 1. The lowest BCUT2D eigenvalue weighted by Gasteiger charge is -2.14. The average molecular weight is 437 g/mol. The summed E-state index contributed by atoms with van der Waals surface area (Å²) in [5, 5.41) is 2.62. The van der Waals surface area contributed by atoms with E-state index in [1.54, 1.807) is 36.9 Å². The largest absolute Gasteiger partial charge is 0.472 e. The smallest absolute Gasteiger partial charge is 0.414 e. The third-order valence-electron chi connectivity index (χ3n) is 5.33. The van der Waals surface area contributed by atoms with Gasteiger partial charge in [0.05, 0.1) is 37.0 Å². The van der Waals surface area contributed by atoms with E-state index in [4.69, 9.17) is 9.15 Å². The summed E-state index contributed by atoms with van der Waals surface area (Å²) in [5.74, 6) is -0.674. The third-order valence-corrected chi connectivity index (χ3v) is 5.33. The molecular formula is C24H24FN3O4. The number of ether oxygens (including phenoxy) is 1. The zero-order valence-corrected chi connectivity index (χ0v) is 17.7. The van der Waals surface area contributed by atoms with E-state index in [1.165, 1.54) is 23.5 Å². The number of pyridine rings is 1. The highest BCUT2D eigenvalue weighted by molar-refractivity contribution is 5.90. The number of carbonyl (C=O) groups excluding carboxylic acids is 2. The number of nitrogens with zero attached hydrogens (tertiary/aromatic N) is 2. The van der Waals surface area contributed by atoms with Crippen molar-refractivity contribution in [3.8, 4) is 11.3 Å². The molecule has 2 aromatic heterocycles. The van der Waals surface area contributed by atoms with Crippen LogP contribution in [0.3, 0.4) is 0 Å². The molecule has 0 aliphatic carbocycles. The van der Waals surface area contributed by atoms with Crippen LogP contribution >= 0.6 is 0 Å². The Hall–Kier alpha value is -3.68. The number of benzene rings is 1. The van der Waals surface area contributed by atoms with E-state index in [9.17, 15) is 14.0 Å². The Bertz CT molecular complexity index is 1080. The Morgan fingerprint density at radius 3 is 2.75 bits per heavy atom. The fourth-order valence-electron chi connectivity index (χ4n) is 3.64. The predicted octanol–water partition coefficient (Wildman–Crippen LogP) is 4.12. The lowest BCUT2D eigenvalue weighted by molar-refractivity contribution is -0.119. The van der Waals surface area contributed by atoms with E-state index in [1.807, 2.05) is 12.1 Å². The van der Waals surface area contributed by atoms with Crippen molar-refractivity contribution in [2.24, 2.45) is 0 Å². The molecule has 0 radical (unpaired) electrons. The van der Waals surface area contributed by atoms with Gasteiger partial charge < -0.3 is 14.5 Å². The molecule has 3 aromatic rings. The number of cyclic esters (lactones) is 1. The molecule has 166 valence electrons. The van der Waals surface area contributed by atoms with Gasteiger partial charge in [0.1, 0.15) is 11.9 Å². The highest BCUT2D eigenvalue weighted by Crippen LogP contribution is 2.28. The first-order chi connectivity index (χ1) is 15.5. The molecular weight excluding hydrogens is 413 g/mol. The Morgan fingerprint density at radius 1 is 1.22 bits per heavy atom. The van der Waals surface area contributed by atoms with Gasteiger partial charge in [-0.15, -0.1) is 0 Å². The minimum atomic E-state index is -0.564. The normalized spacial score (nSPS) is 15.6. The number of furan rings is 1.